The molecule has 1 saturated carbocycles. The van der Waals surface area contributed by atoms with E-state index in [4.69, 9.17) is 9.47 Å². The number of hydrogen-bond acceptors (Lipinski definition) is 4. The zero-order chi connectivity index (χ0) is 17.0. The quantitative estimate of drug-likeness (QED) is 0.789. The molecule has 3 fully saturated rings. The summed E-state index contributed by atoms with van der Waals surface area (Å²) in [5.41, 5.74) is 0. The van der Waals surface area contributed by atoms with E-state index in [9.17, 15) is 9.59 Å². The van der Waals surface area contributed by atoms with Crippen LogP contribution in [-0.4, -0.2) is 55.3 Å². The Morgan fingerprint density at radius 3 is 2.25 bits per heavy atom. The highest BCUT2D eigenvalue weighted by atomic mass is 16.7. The van der Waals surface area contributed by atoms with Crippen molar-refractivity contribution >= 4 is 11.8 Å². The number of ether oxygens (including phenoxy) is 2. The van der Waals surface area contributed by atoms with Gasteiger partial charge in [-0.1, -0.05) is 6.08 Å². The second-order valence-corrected chi connectivity index (χ2v) is 7.02. The van der Waals surface area contributed by atoms with Gasteiger partial charge in [-0.05, 0) is 25.7 Å². The van der Waals surface area contributed by atoms with Crippen molar-refractivity contribution in [1.82, 2.24) is 10.2 Å². The van der Waals surface area contributed by atoms with Gasteiger partial charge in [0.15, 0.2) is 5.79 Å². The lowest BCUT2D eigenvalue weighted by Crippen LogP contribution is -2.49. The van der Waals surface area contributed by atoms with Crippen molar-refractivity contribution in [3.05, 3.63) is 12.7 Å². The third-order valence-corrected chi connectivity index (χ3v) is 5.52. The molecule has 3 aliphatic rings. The molecule has 0 bridgehead atoms. The molecule has 1 spiro atoms. The highest BCUT2D eigenvalue weighted by Gasteiger charge is 2.42. The Balaban J connectivity index is 1.44. The molecule has 2 amide bonds. The molecule has 6 nitrogen and oxygen atoms in total. The number of piperidine rings is 1. The standard InChI is InChI=1S/C18H28N2O4/c1-2-9-19-16(21)14-3-5-15(6-4-14)17(22)20-10-7-18(8-11-20)23-12-13-24-18/h2,14-15H,1,3-13H2,(H,19,21). The Morgan fingerprint density at radius 2 is 1.67 bits per heavy atom. The lowest BCUT2D eigenvalue weighted by atomic mass is 9.80. The van der Waals surface area contributed by atoms with Crippen LogP contribution in [0.3, 0.4) is 0 Å². The highest BCUT2D eigenvalue weighted by Crippen LogP contribution is 2.34. The minimum atomic E-state index is -0.433. The average Bonchev–Trinajstić information content (AvgIpc) is 3.08. The van der Waals surface area contributed by atoms with Gasteiger partial charge in [0.1, 0.15) is 0 Å². The molecule has 2 heterocycles. The van der Waals surface area contributed by atoms with E-state index in [-0.39, 0.29) is 23.7 Å². The van der Waals surface area contributed by atoms with Crippen LogP contribution in [0.2, 0.25) is 0 Å². The minimum Gasteiger partial charge on any atom is -0.352 e. The van der Waals surface area contributed by atoms with Gasteiger partial charge in [-0.15, -0.1) is 6.58 Å². The number of nitrogens with zero attached hydrogens (tertiary/aromatic N) is 1. The Labute approximate surface area is 143 Å². The van der Waals surface area contributed by atoms with E-state index in [0.29, 0.717) is 32.8 Å². The number of carbonyl (C=O) groups is 2. The third-order valence-electron chi connectivity index (χ3n) is 5.52. The maximum atomic E-state index is 12.7. The lowest BCUT2D eigenvalue weighted by Gasteiger charge is -2.39. The molecule has 3 rings (SSSR count). The second-order valence-electron chi connectivity index (χ2n) is 7.02. The summed E-state index contributed by atoms with van der Waals surface area (Å²) in [7, 11) is 0. The zero-order valence-electron chi connectivity index (χ0n) is 14.3. The second kappa shape index (κ2) is 7.66. The van der Waals surface area contributed by atoms with Gasteiger partial charge in [0.05, 0.1) is 13.2 Å². The molecule has 134 valence electrons. The van der Waals surface area contributed by atoms with E-state index < -0.39 is 5.79 Å². The van der Waals surface area contributed by atoms with Crippen LogP contribution in [0.5, 0.6) is 0 Å². The molecule has 0 atom stereocenters. The number of rotatable bonds is 4. The zero-order valence-corrected chi connectivity index (χ0v) is 14.3. The van der Waals surface area contributed by atoms with Crippen LogP contribution in [0, 0.1) is 11.8 Å². The summed E-state index contributed by atoms with van der Waals surface area (Å²) < 4.78 is 11.4. The Hall–Kier alpha value is -1.40. The maximum Gasteiger partial charge on any atom is 0.225 e. The number of amides is 2. The Bertz CT molecular complexity index is 469. The number of likely N-dealkylation sites (tertiary alicyclic amines) is 1. The first kappa shape index (κ1) is 17.4. The van der Waals surface area contributed by atoms with E-state index in [1.807, 2.05) is 4.90 Å². The molecule has 0 aromatic carbocycles. The van der Waals surface area contributed by atoms with Crippen molar-refractivity contribution in [3.63, 3.8) is 0 Å². The topological polar surface area (TPSA) is 67.9 Å². The molecule has 0 aromatic rings. The maximum absolute atomic E-state index is 12.7. The molecule has 2 aliphatic heterocycles. The Kier molecular flexibility index (Phi) is 5.56. The van der Waals surface area contributed by atoms with Gasteiger partial charge < -0.3 is 19.7 Å². The Morgan fingerprint density at radius 1 is 1.08 bits per heavy atom. The first-order valence-electron chi connectivity index (χ1n) is 9.09. The van der Waals surface area contributed by atoms with Gasteiger partial charge in [0.2, 0.25) is 11.8 Å². The molecular weight excluding hydrogens is 308 g/mol. The smallest absolute Gasteiger partial charge is 0.225 e. The van der Waals surface area contributed by atoms with Crippen molar-refractivity contribution in [3.8, 4) is 0 Å². The van der Waals surface area contributed by atoms with Gasteiger partial charge in [-0.3, -0.25) is 9.59 Å². The summed E-state index contributed by atoms with van der Waals surface area (Å²) >= 11 is 0. The lowest BCUT2D eigenvalue weighted by molar-refractivity contribution is -0.188. The van der Waals surface area contributed by atoms with E-state index in [1.54, 1.807) is 6.08 Å². The van der Waals surface area contributed by atoms with Gasteiger partial charge >= 0.3 is 0 Å². The van der Waals surface area contributed by atoms with Crippen molar-refractivity contribution in [1.29, 1.82) is 0 Å². The summed E-state index contributed by atoms with van der Waals surface area (Å²) in [6.45, 7) is 6.85. The van der Waals surface area contributed by atoms with E-state index in [2.05, 4.69) is 11.9 Å². The molecule has 1 aliphatic carbocycles. The number of hydrogen-bond donors (Lipinski definition) is 1. The van der Waals surface area contributed by atoms with Crippen LogP contribution in [0.15, 0.2) is 12.7 Å². The van der Waals surface area contributed by atoms with Crippen LogP contribution in [-0.2, 0) is 19.1 Å². The third kappa shape index (κ3) is 3.81. The van der Waals surface area contributed by atoms with Crippen LogP contribution < -0.4 is 5.32 Å². The summed E-state index contributed by atoms with van der Waals surface area (Å²) in [5, 5.41) is 2.86. The van der Waals surface area contributed by atoms with Crippen molar-refractivity contribution < 1.29 is 19.1 Å². The first-order chi connectivity index (χ1) is 11.6. The highest BCUT2D eigenvalue weighted by molar-refractivity contribution is 5.81. The van der Waals surface area contributed by atoms with E-state index in [1.165, 1.54) is 0 Å². The molecule has 24 heavy (non-hydrogen) atoms. The largest absolute Gasteiger partial charge is 0.352 e. The average molecular weight is 336 g/mol. The summed E-state index contributed by atoms with van der Waals surface area (Å²) in [5.74, 6) is 0.00777. The van der Waals surface area contributed by atoms with E-state index >= 15 is 0 Å². The number of carbonyl (C=O) groups excluding carboxylic acids is 2. The van der Waals surface area contributed by atoms with Gasteiger partial charge in [0, 0.05) is 44.3 Å². The fourth-order valence-corrected chi connectivity index (χ4v) is 4.03. The molecule has 2 saturated heterocycles. The number of nitrogens with one attached hydrogen (secondary N) is 1. The monoisotopic (exact) mass is 336 g/mol. The molecule has 0 unspecified atom stereocenters. The van der Waals surface area contributed by atoms with Crippen LogP contribution in [0.4, 0.5) is 0 Å². The fourth-order valence-electron chi connectivity index (χ4n) is 4.03. The first-order valence-corrected chi connectivity index (χ1v) is 9.09. The molecule has 6 heteroatoms. The summed E-state index contributed by atoms with van der Waals surface area (Å²) in [6, 6.07) is 0. The summed E-state index contributed by atoms with van der Waals surface area (Å²) in [6.07, 6.45) is 6.41. The van der Waals surface area contributed by atoms with Gasteiger partial charge in [-0.2, -0.15) is 0 Å². The summed E-state index contributed by atoms with van der Waals surface area (Å²) in [4.78, 5) is 26.7. The van der Waals surface area contributed by atoms with Gasteiger partial charge in [-0.25, -0.2) is 0 Å². The van der Waals surface area contributed by atoms with E-state index in [0.717, 1.165) is 38.5 Å². The molecular formula is C18H28N2O4. The molecule has 1 N–H and O–H groups in total. The minimum absolute atomic E-state index is 0.0407. The predicted octanol–water partition coefficient (Wildman–Crippen LogP) is 1.46. The molecule has 0 aromatic heterocycles. The van der Waals surface area contributed by atoms with Crippen LogP contribution in [0.25, 0.3) is 0 Å². The van der Waals surface area contributed by atoms with Crippen LogP contribution in [0.1, 0.15) is 38.5 Å². The SMILES string of the molecule is C=CCNC(=O)C1CCC(C(=O)N2CCC3(CC2)OCCO3)CC1. The van der Waals surface area contributed by atoms with Crippen molar-refractivity contribution in [2.75, 3.05) is 32.8 Å². The van der Waals surface area contributed by atoms with Crippen LogP contribution >= 0.6 is 0 Å². The normalized spacial score (nSPS) is 29.4. The van der Waals surface area contributed by atoms with Crippen molar-refractivity contribution in [2.24, 2.45) is 11.8 Å². The predicted molar refractivity (Wildman–Crippen MR) is 89.1 cm³/mol. The van der Waals surface area contributed by atoms with Gasteiger partial charge in [0.25, 0.3) is 0 Å². The molecule has 0 radical (unpaired) electrons. The van der Waals surface area contributed by atoms with Crippen molar-refractivity contribution in [2.45, 2.75) is 44.3 Å². The fraction of sp³-hybridized carbons (Fsp3) is 0.778.